The number of carbonyl (C=O) groups is 1. The Hall–Kier alpha value is -2.29. The fraction of sp³-hybridized carbons (Fsp3) is 0.188. The maximum absolute atomic E-state index is 12.3. The highest BCUT2D eigenvalue weighted by atomic mass is 35.5. The topological polar surface area (TPSA) is 93.7 Å². The Morgan fingerprint density at radius 1 is 1.12 bits per heavy atom. The number of fused-ring (bicyclic) bond motifs is 1. The van der Waals surface area contributed by atoms with Gasteiger partial charge in [0, 0.05) is 16.8 Å². The maximum atomic E-state index is 12.3. The van der Waals surface area contributed by atoms with Crippen molar-refractivity contribution in [2.24, 2.45) is 0 Å². The van der Waals surface area contributed by atoms with Gasteiger partial charge in [0.15, 0.2) is 11.5 Å². The molecule has 1 heterocycles. The molecule has 25 heavy (non-hydrogen) atoms. The molecule has 0 saturated carbocycles. The number of sulfonamides is 1. The van der Waals surface area contributed by atoms with Gasteiger partial charge in [-0.1, -0.05) is 11.6 Å². The average Bonchev–Trinajstić information content (AvgIpc) is 3.02. The Balaban J connectivity index is 1.67. The second-order valence-electron chi connectivity index (χ2n) is 5.35. The van der Waals surface area contributed by atoms with Crippen LogP contribution in [0.15, 0.2) is 47.4 Å². The standard InChI is InChI=1S/C16H15ClN2O5S/c1-10(19-25(21,22)13-5-2-11(17)3-6-13)16(20)18-12-4-7-14-15(8-12)24-9-23-14/h2-8,10,19H,9H2,1H3,(H,18,20). The molecule has 0 fully saturated rings. The third-order valence-electron chi connectivity index (χ3n) is 3.49. The van der Waals surface area contributed by atoms with Crippen molar-refractivity contribution in [1.82, 2.24) is 4.72 Å². The molecule has 1 aliphatic rings. The maximum Gasteiger partial charge on any atom is 0.242 e. The highest BCUT2D eigenvalue weighted by molar-refractivity contribution is 7.89. The van der Waals surface area contributed by atoms with E-state index >= 15 is 0 Å². The third-order valence-corrected chi connectivity index (χ3v) is 5.30. The lowest BCUT2D eigenvalue weighted by atomic mass is 10.2. The number of benzene rings is 2. The minimum atomic E-state index is -3.84. The summed E-state index contributed by atoms with van der Waals surface area (Å²) in [6.07, 6.45) is 0. The van der Waals surface area contributed by atoms with E-state index in [1.807, 2.05) is 0 Å². The van der Waals surface area contributed by atoms with Gasteiger partial charge >= 0.3 is 0 Å². The van der Waals surface area contributed by atoms with Gasteiger partial charge < -0.3 is 14.8 Å². The van der Waals surface area contributed by atoms with E-state index in [2.05, 4.69) is 10.0 Å². The van der Waals surface area contributed by atoms with Crippen LogP contribution in [0.5, 0.6) is 11.5 Å². The number of ether oxygens (including phenoxy) is 2. The fourth-order valence-corrected chi connectivity index (χ4v) is 3.52. The molecule has 0 aromatic heterocycles. The van der Waals surface area contributed by atoms with Crippen molar-refractivity contribution in [3.63, 3.8) is 0 Å². The zero-order valence-electron chi connectivity index (χ0n) is 13.2. The van der Waals surface area contributed by atoms with Crippen molar-refractivity contribution >= 4 is 33.2 Å². The zero-order chi connectivity index (χ0) is 18.0. The predicted molar refractivity (Wildman–Crippen MR) is 92.4 cm³/mol. The number of halogens is 1. The lowest BCUT2D eigenvalue weighted by Gasteiger charge is -2.14. The second-order valence-corrected chi connectivity index (χ2v) is 7.50. The van der Waals surface area contributed by atoms with Gasteiger partial charge in [0.1, 0.15) is 0 Å². The first-order valence-corrected chi connectivity index (χ1v) is 9.20. The first kappa shape index (κ1) is 17.5. The van der Waals surface area contributed by atoms with E-state index in [9.17, 15) is 13.2 Å². The zero-order valence-corrected chi connectivity index (χ0v) is 14.7. The van der Waals surface area contributed by atoms with Gasteiger partial charge in [-0.05, 0) is 43.3 Å². The van der Waals surface area contributed by atoms with Gasteiger partial charge in [0.05, 0.1) is 10.9 Å². The van der Waals surface area contributed by atoms with E-state index in [0.717, 1.165) is 0 Å². The summed E-state index contributed by atoms with van der Waals surface area (Å²) in [7, 11) is -3.84. The number of amides is 1. The quantitative estimate of drug-likeness (QED) is 0.828. The molecule has 2 aromatic rings. The van der Waals surface area contributed by atoms with E-state index in [1.54, 1.807) is 18.2 Å². The molecule has 0 radical (unpaired) electrons. The Bertz CT molecular complexity index is 899. The van der Waals surface area contributed by atoms with Crippen LogP contribution in [0.2, 0.25) is 5.02 Å². The SMILES string of the molecule is CC(NS(=O)(=O)c1ccc(Cl)cc1)C(=O)Nc1ccc2c(c1)OCO2. The summed E-state index contributed by atoms with van der Waals surface area (Å²) >= 11 is 5.75. The number of anilines is 1. The molecule has 7 nitrogen and oxygen atoms in total. The van der Waals surface area contributed by atoms with Crippen molar-refractivity contribution in [3.05, 3.63) is 47.5 Å². The van der Waals surface area contributed by atoms with Gasteiger partial charge in [0.25, 0.3) is 0 Å². The second kappa shape index (κ2) is 6.91. The summed E-state index contributed by atoms with van der Waals surface area (Å²) in [6, 6.07) is 9.61. The van der Waals surface area contributed by atoms with Crippen LogP contribution in [-0.4, -0.2) is 27.2 Å². The Labute approximate surface area is 149 Å². The number of hydrogen-bond donors (Lipinski definition) is 2. The summed E-state index contributed by atoms with van der Waals surface area (Å²) in [5, 5.41) is 3.06. The molecule has 9 heteroatoms. The number of rotatable bonds is 5. The molecule has 0 spiro atoms. The van der Waals surface area contributed by atoms with Crippen LogP contribution < -0.4 is 19.5 Å². The Morgan fingerprint density at radius 3 is 2.52 bits per heavy atom. The monoisotopic (exact) mass is 382 g/mol. The van der Waals surface area contributed by atoms with Crippen molar-refractivity contribution in [2.75, 3.05) is 12.1 Å². The van der Waals surface area contributed by atoms with Crippen LogP contribution in [0.1, 0.15) is 6.92 Å². The summed E-state index contributed by atoms with van der Waals surface area (Å²) < 4.78 is 37.3. The van der Waals surface area contributed by atoms with E-state index in [0.29, 0.717) is 22.2 Å². The van der Waals surface area contributed by atoms with Crippen LogP contribution in [-0.2, 0) is 14.8 Å². The van der Waals surface area contributed by atoms with Crippen LogP contribution >= 0.6 is 11.6 Å². The van der Waals surface area contributed by atoms with Crippen LogP contribution in [0.4, 0.5) is 5.69 Å². The summed E-state index contributed by atoms with van der Waals surface area (Å²) in [5.41, 5.74) is 0.479. The number of nitrogens with one attached hydrogen (secondary N) is 2. The van der Waals surface area contributed by atoms with Crippen LogP contribution in [0.3, 0.4) is 0 Å². The molecule has 1 aliphatic heterocycles. The Kier molecular flexibility index (Phi) is 4.85. The van der Waals surface area contributed by atoms with E-state index in [-0.39, 0.29) is 11.7 Å². The average molecular weight is 383 g/mol. The fourth-order valence-electron chi connectivity index (χ4n) is 2.19. The lowest BCUT2D eigenvalue weighted by molar-refractivity contribution is -0.117. The van der Waals surface area contributed by atoms with Gasteiger partial charge in [-0.3, -0.25) is 4.79 Å². The number of hydrogen-bond acceptors (Lipinski definition) is 5. The van der Waals surface area contributed by atoms with Crippen LogP contribution in [0, 0.1) is 0 Å². The largest absolute Gasteiger partial charge is 0.454 e. The molecule has 2 N–H and O–H groups in total. The van der Waals surface area contributed by atoms with Crippen LogP contribution in [0.25, 0.3) is 0 Å². The molecular formula is C16H15ClN2O5S. The predicted octanol–water partition coefficient (Wildman–Crippen LogP) is 2.37. The first-order chi connectivity index (χ1) is 11.8. The van der Waals surface area contributed by atoms with Crippen molar-refractivity contribution < 1.29 is 22.7 Å². The van der Waals surface area contributed by atoms with Gasteiger partial charge in [-0.25, -0.2) is 8.42 Å². The molecule has 2 aromatic carbocycles. The summed E-state index contributed by atoms with van der Waals surface area (Å²) in [5.74, 6) is 0.609. The molecule has 1 amide bonds. The molecule has 3 rings (SSSR count). The minimum absolute atomic E-state index is 0.0274. The molecule has 0 bridgehead atoms. The highest BCUT2D eigenvalue weighted by Crippen LogP contribution is 2.34. The van der Waals surface area contributed by atoms with E-state index in [4.69, 9.17) is 21.1 Å². The minimum Gasteiger partial charge on any atom is -0.454 e. The molecule has 1 atom stereocenters. The normalized spacial score (nSPS) is 14.2. The van der Waals surface area contributed by atoms with Crippen molar-refractivity contribution in [1.29, 1.82) is 0 Å². The molecular weight excluding hydrogens is 368 g/mol. The molecule has 0 aliphatic carbocycles. The highest BCUT2D eigenvalue weighted by Gasteiger charge is 2.22. The number of carbonyl (C=O) groups excluding carboxylic acids is 1. The smallest absolute Gasteiger partial charge is 0.242 e. The van der Waals surface area contributed by atoms with Gasteiger partial charge in [-0.15, -0.1) is 0 Å². The van der Waals surface area contributed by atoms with Gasteiger partial charge in [0.2, 0.25) is 22.7 Å². The summed E-state index contributed by atoms with van der Waals surface area (Å²) in [4.78, 5) is 12.3. The molecule has 1 unspecified atom stereocenters. The van der Waals surface area contributed by atoms with E-state index < -0.39 is 22.0 Å². The van der Waals surface area contributed by atoms with Gasteiger partial charge in [-0.2, -0.15) is 4.72 Å². The molecule has 132 valence electrons. The first-order valence-electron chi connectivity index (χ1n) is 7.33. The summed E-state index contributed by atoms with van der Waals surface area (Å²) in [6.45, 7) is 1.58. The van der Waals surface area contributed by atoms with Crippen molar-refractivity contribution in [2.45, 2.75) is 17.9 Å². The van der Waals surface area contributed by atoms with E-state index in [1.165, 1.54) is 31.2 Å². The third kappa shape index (κ3) is 4.04. The molecule has 0 saturated heterocycles. The Morgan fingerprint density at radius 2 is 1.80 bits per heavy atom. The van der Waals surface area contributed by atoms with Crippen molar-refractivity contribution in [3.8, 4) is 11.5 Å². The lowest BCUT2D eigenvalue weighted by Crippen LogP contribution is -2.41.